The zero-order valence-corrected chi connectivity index (χ0v) is 17.5. The van der Waals surface area contributed by atoms with Gasteiger partial charge >= 0.3 is 0 Å². The number of halogens is 1. The first-order chi connectivity index (χ1) is 12.7. The van der Waals surface area contributed by atoms with E-state index < -0.39 is 15.9 Å². The molecule has 1 amide bonds. The number of amides is 1. The van der Waals surface area contributed by atoms with Gasteiger partial charge in [-0.15, -0.1) is 0 Å². The summed E-state index contributed by atoms with van der Waals surface area (Å²) in [5.74, 6) is 0.0521. The van der Waals surface area contributed by atoms with Gasteiger partial charge in [0.2, 0.25) is 10.0 Å². The molecule has 0 spiro atoms. The molecule has 0 saturated heterocycles. The maximum absolute atomic E-state index is 12.6. The third kappa shape index (κ3) is 5.62. The summed E-state index contributed by atoms with van der Waals surface area (Å²) in [4.78, 5) is 12.1. The second-order valence-electron chi connectivity index (χ2n) is 5.74. The van der Waals surface area contributed by atoms with Gasteiger partial charge in [-0.3, -0.25) is 4.79 Å². The Morgan fingerprint density at radius 2 is 1.93 bits per heavy atom. The van der Waals surface area contributed by atoms with Gasteiger partial charge in [0.25, 0.3) is 5.91 Å². The lowest BCUT2D eigenvalue weighted by atomic mass is 10.2. The molecule has 0 aromatic heterocycles. The average molecular weight is 454 g/mol. The third-order valence-electron chi connectivity index (χ3n) is 3.71. The van der Waals surface area contributed by atoms with Gasteiger partial charge in [0.1, 0.15) is 5.75 Å². The van der Waals surface area contributed by atoms with Crippen LogP contribution in [0, 0.1) is 6.92 Å². The van der Waals surface area contributed by atoms with E-state index in [2.05, 4.69) is 26.5 Å². The first kappa shape index (κ1) is 21.1. The number of rotatable bonds is 7. The van der Waals surface area contributed by atoms with Crippen molar-refractivity contribution in [2.75, 3.05) is 20.7 Å². The summed E-state index contributed by atoms with van der Waals surface area (Å²) in [6.07, 6.45) is 1.48. The predicted molar refractivity (Wildman–Crippen MR) is 107 cm³/mol. The number of benzene rings is 2. The van der Waals surface area contributed by atoms with E-state index in [1.165, 1.54) is 32.5 Å². The fourth-order valence-electron chi connectivity index (χ4n) is 2.24. The van der Waals surface area contributed by atoms with E-state index in [1.807, 2.05) is 24.3 Å². The van der Waals surface area contributed by atoms with Crippen LogP contribution in [0.15, 0.2) is 56.9 Å². The minimum absolute atomic E-state index is 0.0921. The van der Waals surface area contributed by atoms with Gasteiger partial charge < -0.3 is 4.74 Å². The highest BCUT2D eigenvalue weighted by Gasteiger charge is 2.23. The molecule has 0 aliphatic heterocycles. The first-order valence-electron chi connectivity index (χ1n) is 7.92. The molecule has 0 fully saturated rings. The number of nitrogens with zero attached hydrogens (tertiary/aromatic N) is 2. The fraction of sp³-hybridized carbons (Fsp3) is 0.222. The molecule has 0 unspecified atom stereocenters. The Bertz CT molecular complexity index is 944. The van der Waals surface area contributed by atoms with E-state index >= 15 is 0 Å². The molecule has 2 aromatic carbocycles. The number of nitrogens with one attached hydrogen (secondary N) is 1. The van der Waals surface area contributed by atoms with Crippen LogP contribution in [0.3, 0.4) is 0 Å². The highest BCUT2D eigenvalue weighted by molar-refractivity contribution is 9.10. The number of carbonyl (C=O) groups is 1. The monoisotopic (exact) mass is 453 g/mol. The number of sulfonamides is 1. The van der Waals surface area contributed by atoms with Crippen LogP contribution in [-0.4, -0.2) is 45.5 Å². The quantitative estimate of drug-likeness (QED) is 0.515. The molecule has 1 N–H and O–H groups in total. The van der Waals surface area contributed by atoms with Crippen molar-refractivity contribution in [1.82, 2.24) is 9.73 Å². The number of hydrazone groups is 1. The standard InChI is InChI=1S/C18H20BrN3O4S/c1-13-10-16(8-9-17(13)26-3)27(24,25)22(2)12-18(23)21-20-11-14-4-6-15(19)7-5-14/h4-11H,12H2,1-3H3,(H,21,23)/b20-11-. The number of likely N-dealkylation sites (N-methyl/N-ethyl adjacent to an activating group) is 1. The summed E-state index contributed by atoms with van der Waals surface area (Å²) in [6.45, 7) is 1.40. The topological polar surface area (TPSA) is 88.1 Å². The molecule has 0 aliphatic rings. The van der Waals surface area contributed by atoms with Gasteiger partial charge in [-0.2, -0.15) is 9.41 Å². The van der Waals surface area contributed by atoms with E-state index in [-0.39, 0.29) is 11.4 Å². The lowest BCUT2D eigenvalue weighted by molar-refractivity contribution is -0.121. The number of aryl methyl sites for hydroxylation is 1. The molecule has 9 heteroatoms. The molecule has 144 valence electrons. The molecule has 2 rings (SSSR count). The summed E-state index contributed by atoms with van der Waals surface area (Å²) >= 11 is 3.33. The summed E-state index contributed by atoms with van der Waals surface area (Å²) in [5, 5.41) is 3.84. The Kier molecular flexibility index (Phi) is 7.11. The second-order valence-corrected chi connectivity index (χ2v) is 8.70. The van der Waals surface area contributed by atoms with Crippen LogP contribution >= 0.6 is 15.9 Å². The zero-order chi connectivity index (χ0) is 20.0. The van der Waals surface area contributed by atoms with Gasteiger partial charge in [0, 0.05) is 11.5 Å². The van der Waals surface area contributed by atoms with Gasteiger partial charge in [0.15, 0.2) is 0 Å². The lowest BCUT2D eigenvalue weighted by Gasteiger charge is -2.17. The van der Waals surface area contributed by atoms with Crippen LogP contribution < -0.4 is 10.2 Å². The number of ether oxygens (including phenoxy) is 1. The highest BCUT2D eigenvalue weighted by atomic mass is 79.9. The Morgan fingerprint density at radius 1 is 1.26 bits per heavy atom. The zero-order valence-electron chi connectivity index (χ0n) is 15.1. The van der Waals surface area contributed by atoms with Crippen molar-refractivity contribution in [1.29, 1.82) is 0 Å². The molecule has 7 nitrogen and oxygen atoms in total. The molecular weight excluding hydrogens is 434 g/mol. The number of hydrogen-bond acceptors (Lipinski definition) is 5. The average Bonchev–Trinajstić information content (AvgIpc) is 2.63. The van der Waals surface area contributed by atoms with Crippen molar-refractivity contribution in [3.63, 3.8) is 0 Å². The Balaban J connectivity index is 2.00. The van der Waals surface area contributed by atoms with Crippen LogP contribution in [0.1, 0.15) is 11.1 Å². The van der Waals surface area contributed by atoms with Crippen molar-refractivity contribution in [2.45, 2.75) is 11.8 Å². The maximum Gasteiger partial charge on any atom is 0.255 e. The molecule has 0 heterocycles. The van der Waals surface area contributed by atoms with Crippen LogP contribution in [0.2, 0.25) is 0 Å². The largest absolute Gasteiger partial charge is 0.496 e. The van der Waals surface area contributed by atoms with Crippen LogP contribution in [-0.2, 0) is 14.8 Å². The summed E-state index contributed by atoms with van der Waals surface area (Å²) in [7, 11) is -0.948. The van der Waals surface area contributed by atoms with Gasteiger partial charge in [-0.1, -0.05) is 28.1 Å². The Hall–Kier alpha value is -2.23. The van der Waals surface area contributed by atoms with E-state index in [1.54, 1.807) is 13.0 Å². The molecule has 0 bridgehead atoms. The minimum Gasteiger partial charge on any atom is -0.496 e. The SMILES string of the molecule is COc1ccc(S(=O)(=O)N(C)CC(=O)N/N=C\c2ccc(Br)cc2)cc1C. The molecule has 0 radical (unpaired) electrons. The van der Waals surface area contributed by atoms with E-state index in [0.29, 0.717) is 11.3 Å². The maximum atomic E-state index is 12.6. The van der Waals surface area contributed by atoms with Gasteiger partial charge in [-0.25, -0.2) is 13.8 Å². The van der Waals surface area contributed by atoms with Gasteiger partial charge in [-0.05, 0) is 48.4 Å². The van der Waals surface area contributed by atoms with Crippen molar-refractivity contribution < 1.29 is 17.9 Å². The van der Waals surface area contributed by atoms with E-state index in [0.717, 1.165) is 14.3 Å². The van der Waals surface area contributed by atoms with Crippen molar-refractivity contribution in [3.8, 4) is 5.75 Å². The normalized spacial score (nSPS) is 11.7. The Morgan fingerprint density at radius 3 is 2.52 bits per heavy atom. The van der Waals surface area contributed by atoms with Crippen LogP contribution in [0.5, 0.6) is 5.75 Å². The molecule has 0 atom stereocenters. The van der Waals surface area contributed by atoms with Gasteiger partial charge in [0.05, 0.1) is 24.8 Å². The summed E-state index contributed by atoms with van der Waals surface area (Å²) in [5.41, 5.74) is 3.81. The molecule has 0 saturated carbocycles. The van der Waals surface area contributed by atoms with Crippen molar-refractivity contribution >= 4 is 38.1 Å². The highest BCUT2D eigenvalue weighted by Crippen LogP contribution is 2.23. The van der Waals surface area contributed by atoms with Crippen LogP contribution in [0.4, 0.5) is 0 Å². The fourth-order valence-corrected chi connectivity index (χ4v) is 3.72. The van der Waals surface area contributed by atoms with Crippen LogP contribution in [0.25, 0.3) is 0 Å². The molecular formula is C18H20BrN3O4S. The predicted octanol–water partition coefficient (Wildman–Crippen LogP) is 2.54. The molecule has 0 aliphatic carbocycles. The molecule has 27 heavy (non-hydrogen) atoms. The number of carbonyl (C=O) groups excluding carboxylic acids is 1. The first-order valence-corrected chi connectivity index (χ1v) is 10.2. The summed E-state index contributed by atoms with van der Waals surface area (Å²) < 4.78 is 32.3. The summed E-state index contributed by atoms with van der Waals surface area (Å²) in [6, 6.07) is 11.9. The number of hydrogen-bond donors (Lipinski definition) is 1. The van der Waals surface area contributed by atoms with E-state index in [4.69, 9.17) is 4.74 Å². The number of methoxy groups -OCH3 is 1. The van der Waals surface area contributed by atoms with E-state index in [9.17, 15) is 13.2 Å². The lowest BCUT2D eigenvalue weighted by Crippen LogP contribution is -2.36. The smallest absolute Gasteiger partial charge is 0.255 e. The van der Waals surface area contributed by atoms with Crippen molar-refractivity contribution in [3.05, 3.63) is 58.1 Å². The minimum atomic E-state index is -3.80. The third-order valence-corrected chi connectivity index (χ3v) is 6.04. The Labute approximate surface area is 167 Å². The molecule has 2 aromatic rings. The second kappa shape index (κ2) is 9.12. The van der Waals surface area contributed by atoms with Crippen molar-refractivity contribution in [2.24, 2.45) is 5.10 Å².